The van der Waals surface area contributed by atoms with Gasteiger partial charge in [-0.05, 0) is 158 Å². The first-order chi connectivity index (χ1) is 33.5. The maximum atomic E-state index is 12.8. The zero-order valence-electron chi connectivity index (χ0n) is 45.2. The first kappa shape index (κ1) is 59.6. The lowest BCUT2D eigenvalue weighted by Gasteiger charge is -2.33. The molecule has 1 fully saturated rings. The molecule has 0 aliphatic carbocycles. The van der Waals surface area contributed by atoms with Gasteiger partial charge in [0.05, 0.1) is 47.3 Å². The highest BCUT2D eigenvalue weighted by molar-refractivity contribution is 7.87. The highest BCUT2D eigenvalue weighted by Crippen LogP contribution is 2.38. The number of hydrogen-bond acceptors (Lipinski definition) is 15. The molecule has 2 aromatic carbocycles. The Morgan fingerprint density at radius 3 is 1.67 bits per heavy atom. The number of likely N-dealkylation sites (N-methyl/N-ethyl adjacent to an activating group) is 2. The summed E-state index contributed by atoms with van der Waals surface area (Å²) in [6.45, 7) is 25.3. The van der Waals surface area contributed by atoms with Gasteiger partial charge in [0, 0.05) is 44.6 Å². The van der Waals surface area contributed by atoms with Gasteiger partial charge in [-0.2, -0.15) is 21.6 Å². The van der Waals surface area contributed by atoms with E-state index in [-0.39, 0.29) is 43.3 Å². The number of amides is 2. The Bertz CT molecular complexity index is 2730. The van der Waals surface area contributed by atoms with Crippen molar-refractivity contribution in [3.05, 3.63) is 70.0 Å². The Hall–Kier alpha value is -4.32. The van der Waals surface area contributed by atoms with E-state index >= 15 is 0 Å². The van der Waals surface area contributed by atoms with Gasteiger partial charge >= 0.3 is 34.9 Å². The smallest absolute Gasteiger partial charge is 0.443 e. The molecule has 0 bridgehead atoms. The Morgan fingerprint density at radius 1 is 0.740 bits per heavy atom. The molecule has 3 aliphatic rings. The number of benzene rings is 2. The second kappa shape index (κ2) is 23.3. The van der Waals surface area contributed by atoms with Gasteiger partial charge in [0.2, 0.25) is 5.88 Å². The molecule has 73 heavy (non-hydrogen) atoms. The van der Waals surface area contributed by atoms with Crippen LogP contribution in [0.25, 0.3) is 26.1 Å². The molecule has 22 heteroatoms. The van der Waals surface area contributed by atoms with Gasteiger partial charge in [-0.1, -0.05) is 32.1 Å². The third kappa shape index (κ3) is 16.6. The van der Waals surface area contributed by atoms with Crippen LogP contribution in [0.3, 0.4) is 0 Å². The summed E-state index contributed by atoms with van der Waals surface area (Å²) in [6, 6.07) is 12.6. The summed E-state index contributed by atoms with van der Waals surface area (Å²) in [5.41, 5.74) is -2.56. The quantitative estimate of drug-likeness (QED) is 0.0842. The average molecular weight is 1080 g/mol. The first-order valence-corrected chi connectivity index (χ1v) is 27.4. The van der Waals surface area contributed by atoms with E-state index in [9.17, 15) is 31.2 Å². The van der Waals surface area contributed by atoms with Gasteiger partial charge in [-0.15, -0.1) is 22.7 Å². The fourth-order valence-electron chi connectivity index (χ4n) is 7.38. The van der Waals surface area contributed by atoms with Crippen LogP contribution >= 0.6 is 22.7 Å². The summed E-state index contributed by atoms with van der Waals surface area (Å²) in [5.74, 6) is -0.352. The van der Waals surface area contributed by atoms with Crippen LogP contribution in [0.15, 0.2) is 54.4 Å². The van der Waals surface area contributed by atoms with Crippen molar-refractivity contribution < 1.29 is 54.1 Å². The van der Waals surface area contributed by atoms with Crippen molar-refractivity contribution in [2.24, 2.45) is 11.8 Å². The number of ether oxygens (including phenoxy) is 2. The van der Waals surface area contributed by atoms with Crippen molar-refractivity contribution in [3.63, 3.8) is 0 Å². The molecule has 2 aromatic heterocycles. The zero-order chi connectivity index (χ0) is 54.6. The summed E-state index contributed by atoms with van der Waals surface area (Å²) in [6.07, 6.45) is 5.20. The molecule has 3 aliphatic heterocycles. The predicted molar refractivity (Wildman–Crippen MR) is 285 cm³/mol. The van der Waals surface area contributed by atoms with E-state index in [2.05, 4.69) is 119 Å². The van der Waals surface area contributed by atoms with Gasteiger partial charge in [-0.25, -0.2) is 24.5 Å². The van der Waals surface area contributed by atoms with Crippen LogP contribution in [0.1, 0.15) is 112 Å². The number of alkyl halides is 3. The van der Waals surface area contributed by atoms with Crippen molar-refractivity contribution in [1.82, 2.24) is 29.6 Å². The number of thiazole rings is 2. The molecular weight excluding hydrogens is 1000 g/mol. The summed E-state index contributed by atoms with van der Waals surface area (Å²) in [7, 11) is 2.16. The number of carbonyl (C=O) groups is 2. The molecule has 2 atom stereocenters. The predicted octanol–water partition coefficient (Wildman–Crippen LogP) is 10.7. The molecule has 0 saturated carbocycles. The molecule has 0 spiro atoms. The summed E-state index contributed by atoms with van der Waals surface area (Å²) in [4.78, 5) is 41.3. The van der Waals surface area contributed by atoms with Crippen molar-refractivity contribution in [2.45, 2.75) is 137 Å². The fraction of sp³-hybridized carbons (Fsp3) is 0.608. The SMILES string of the molecule is CC1CC=C(OS(=O)(=O)C(F)(F)F)N(C(=O)OC(C)(C)C)C1.CC1CC=C(c2ccc3sc(CCN(C)C)nc3c2)N(C(=O)OC(C)(C)C)C1.CN(C)CCc1nc2cc(B3OC(C)(C)C(C)(C)O3)ccc2s1. The number of allylic oxidation sites excluding steroid dienone is 2. The second-order valence-electron chi connectivity index (χ2n) is 22.3. The summed E-state index contributed by atoms with van der Waals surface area (Å²) < 4.78 is 88.8. The average Bonchev–Trinajstić information content (AvgIpc) is 3.92. The second-order valence-corrected chi connectivity index (χ2v) is 26.1. The van der Waals surface area contributed by atoms with Gasteiger partial charge in [-0.3, -0.25) is 4.90 Å². The molecule has 1 saturated heterocycles. The number of aromatic nitrogens is 2. The summed E-state index contributed by atoms with van der Waals surface area (Å²) in [5, 5.41) is 2.33. The zero-order valence-corrected chi connectivity index (χ0v) is 47.7. The Balaban J connectivity index is 0.000000205. The van der Waals surface area contributed by atoms with Crippen LogP contribution in [0.4, 0.5) is 22.8 Å². The lowest BCUT2D eigenvalue weighted by atomic mass is 9.79. The van der Waals surface area contributed by atoms with E-state index in [1.807, 2.05) is 20.8 Å². The maximum absolute atomic E-state index is 12.8. The van der Waals surface area contributed by atoms with E-state index in [1.165, 1.54) is 14.4 Å². The lowest BCUT2D eigenvalue weighted by Crippen LogP contribution is -2.42. The highest BCUT2D eigenvalue weighted by Gasteiger charge is 2.52. The molecule has 15 nitrogen and oxygen atoms in total. The largest absolute Gasteiger partial charge is 0.534 e. The third-order valence-corrected chi connectivity index (χ3v) is 15.1. The van der Waals surface area contributed by atoms with E-state index in [4.69, 9.17) is 28.8 Å². The first-order valence-electron chi connectivity index (χ1n) is 24.4. The van der Waals surface area contributed by atoms with Crippen molar-refractivity contribution >= 4 is 83.7 Å². The number of nitrogens with zero attached hydrogens (tertiary/aromatic N) is 6. The normalized spacial score (nSPS) is 19.3. The lowest BCUT2D eigenvalue weighted by molar-refractivity contribution is -0.0546. The van der Waals surface area contributed by atoms with Crippen molar-refractivity contribution in [3.8, 4) is 0 Å². The number of halogens is 3. The fourth-order valence-corrected chi connectivity index (χ4v) is 9.73. The number of carbonyl (C=O) groups excluding carboxylic acids is 2. The minimum Gasteiger partial charge on any atom is -0.443 e. The molecular formula is C51H74BF3N6O9S3. The van der Waals surface area contributed by atoms with E-state index < -0.39 is 38.8 Å². The van der Waals surface area contributed by atoms with Gasteiger partial charge in [0.25, 0.3) is 0 Å². The standard InChI is InChI=1S/C22H31N3O2S.C17H25BN2O2S.C12H18F3NO5S/c1-15-7-9-18(25(14-15)21(26)27-22(2,3)4)16-8-10-19-17(13-16)23-20(28-19)11-12-24(5)6;1-16(2)17(3,4)22-18(21-16)12-7-8-14-13(11-12)19-15(23-14)9-10-20(5)6;1-8-5-6-9(21-22(18,19)12(13,14)15)16(7-8)10(17)20-11(2,3)4/h8-10,13,15H,7,11-12,14H2,1-6H3;7-8,11H,9-10H2,1-6H3;6,8H,5,7H2,1-4H3. The van der Waals surface area contributed by atoms with Gasteiger partial charge in [0.1, 0.15) is 11.2 Å². The van der Waals surface area contributed by atoms with Crippen LogP contribution in [0.2, 0.25) is 0 Å². The molecule has 2 amide bonds. The topological polar surface area (TPSA) is 153 Å². The molecule has 4 aromatic rings. The Labute approximate surface area is 438 Å². The van der Waals surface area contributed by atoms with E-state index in [0.29, 0.717) is 12.5 Å². The van der Waals surface area contributed by atoms with Crippen LogP contribution in [0.5, 0.6) is 0 Å². The molecule has 0 radical (unpaired) electrons. The molecule has 2 unspecified atom stereocenters. The van der Waals surface area contributed by atoms with E-state index in [0.717, 1.165) is 76.1 Å². The number of hydrogen-bond donors (Lipinski definition) is 0. The van der Waals surface area contributed by atoms with Crippen molar-refractivity contribution in [1.29, 1.82) is 0 Å². The minimum atomic E-state index is -5.84. The van der Waals surface area contributed by atoms with Gasteiger partial charge in [0.15, 0.2) is 0 Å². The molecule has 404 valence electrons. The van der Waals surface area contributed by atoms with Gasteiger partial charge < -0.3 is 32.8 Å². The maximum Gasteiger partial charge on any atom is 0.534 e. The third-order valence-electron chi connectivity index (χ3n) is 11.9. The van der Waals surface area contributed by atoms with Crippen LogP contribution in [-0.2, 0) is 45.9 Å². The Morgan fingerprint density at radius 2 is 1.19 bits per heavy atom. The minimum absolute atomic E-state index is 0.00583. The number of fused-ring (bicyclic) bond motifs is 2. The van der Waals surface area contributed by atoms with Crippen LogP contribution in [0, 0.1) is 11.8 Å². The molecule has 5 heterocycles. The monoisotopic (exact) mass is 1080 g/mol. The van der Waals surface area contributed by atoms with Crippen LogP contribution in [-0.4, -0.2) is 140 Å². The van der Waals surface area contributed by atoms with E-state index in [1.54, 1.807) is 55.3 Å². The molecule has 0 N–H and O–H groups in total. The highest BCUT2D eigenvalue weighted by atomic mass is 32.2. The number of rotatable bonds is 10. The van der Waals surface area contributed by atoms with Crippen LogP contribution < -0.4 is 5.46 Å². The Kier molecular flexibility index (Phi) is 19.0. The van der Waals surface area contributed by atoms with Crippen molar-refractivity contribution in [2.75, 3.05) is 54.4 Å². The summed E-state index contributed by atoms with van der Waals surface area (Å²) >= 11 is 3.52. The molecule has 7 rings (SSSR count).